The number of benzene rings is 1. The minimum Gasteiger partial charge on any atom is -0.345 e. The van der Waals surface area contributed by atoms with Crippen LogP contribution in [0.15, 0.2) is 24.4 Å². The third-order valence-corrected chi connectivity index (χ3v) is 4.76. The molecule has 2 amide bonds. The van der Waals surface area contributed by atoms with Gasteiger partial charge in [-0.15, -0.1) is 0 Å². The van der Waals surface area contributed by atoms with E-state index in [4.69, 9.17) is 0 Å². The Morgan fingerprint density at radius 1 is 1.24 bits per heavy atom. The summed E-state index contributed by atoms with van der Waals surface area (Å²) in [7, 11) is 0. The molecule has 3 rings (SSSR count). The van der Waals surface area contributed by atoms with Gasteiger partial charge in [0.1, 0.15) is 6.04 Å². The van der Waals surface area contributed by atoms with Gasteiger partial charge in [0.25, 0.3) is 0 Å². The van der Waals surface area contributed by atoms with Gasteiger partial charge in [-0.1, -0.05) is 11.6 Å². The normalized spacial score (nSPS) is 16.0. The van der Waals surface area contributed by atoms with Crippen LogP contribution in [0.25, 0.3) is 10.9 Å². The van der Waals surface area contributed by atoms with Crippen molar-refractivity contribution < 1.29 is 9.59 Å². The summed E-state index contributed by atoms with van der Waals surface area (Å²) in [5.74, 6) is -0.0957. The lowest BCUT2D eigenvalue weighted by molar-refractivity contribution is -0.136. The highest BCUT2D eigenvalue weighted by atomic mass is 16.2. The van der Waals surface area contributed by atoms with Gasteiger partial charge in [-0.05, 0) is 45.2 Å². The molecular weight excluding hydrogens is 316 g/mol. The average molecular weight is 342 g/mol. The predicted octanol–water partition coefficient (Wildman–Crippen LogP) is 2.25. The summed E-state index contributed by atoms with van der Waals surface area (Å²) < 4.78 is 1.84. The molecule has 0 spiro atoms. The van der Waals surface area contributed by atoms with Gasteiger partial charge < -0.3 is 10.2 Å². The smallest absolute Gasteiger partial charge is 0.244 e. The summed E-state index contributed by atoms with van der Waals surface area (Å²) in [4.78, 5) is 26.4. The van der Waals surface area contributed by atoms with E-state index in [1.807, 2.05) is 34.8 Å². The van der Waals surface area contributed by atoms with Crippen LogP contribution in [0.4, 0.5) is 0 Å². The van der Waals surface area contributed by atoms with Gasteiger partial charge >= 0.3 is 0 Å². The maximum Gasteiger partial charge on any atom is 0.244 e. The van der Waals surface area contributed by atoms with Gasteiger partial charge in [-0.25, -0.2) is 0 Å². The van der Waals surface area contributed by atoms with Gasteiger partial charge in [0.2, 0.25) is 11.8 Å². The second kappa shape index (κ2) is 7.68. The highest BCUT2D eigenvalue weighted by Gasteiger charge is 2.23. The van der Waals surface area contributed by atoms with Crippen molar-refractivity contribution in [1.29, 1.82) is 0 Å². The van der Waals surface area contributed by atoms with Crippen LogP contribution >= 0.6 is 0 Å². The molecule has 1 fully saturated rings. The van der Waals surface area contributed by atoms with Crippen molar-refractivity contribution in [1.82, 2.24) is 20.0 Å². The molecule has 1 unspecified atom stereocenters. The number of nitrogens with zero attached hydrogens (tertiary/aromatic N) is 3. The van der Waals surface area contributed by atoms with Crippen LogP contribution < -0.4 is 5.32 Å². The van der Waals surface area contributed by atoms with E-state index in [0.717, 1.165) is 36.8 Å². The van der Waals surface area contributed by atoms with Crippen LogP contribution in [0.2, 0.25) is 0 Å². The fourth-order valence-electron chi connectivity index (χ4n) is 3.36. The first kappa shape index (κ1) is 17.5. The van der Waals surface area contributed by atoms with E-state index in [1.165, 1.54) is 12.0 Å². The molecule has 1 saturated heterocycles. The van der Waals surface area contributed by atoms with Crippen LogP contribution in [0.5, 0.6) is 0 Å². The number of rotatable bonds is 5. The number of hydrogen-bond donors (Lipinski definition) is 1. The van der Waals surface area contributed by atoms with Crippen LogP contribution in [-0.2, 0) is 16.1 Å². The summed E-state index contributed by atoms with van der Waals surface area (Å²) in [5, 5.41) is 8.26. The molecule has 1 aromatic carbocycles. The molecule has 25 heavy (non-hydrogen) atoms. The zero-order chi connectivity index (χ0) is 17.8. The number of aryl methyl sites for hydroxylation is 2. The minimum absolute atomic E-state index is 0.0214. The van der Waals surface area contributed by atoms with E-state index < -0.39 is 6.04 Å². The number of amides is 2. The number of nitrogens with one attached hydrogen (secondary N) is 1. The maximum absolute atomic E-state index is 12.4. The molecule has 1 aliphatic rings. The zero-order valence-corrected chi connectivity index (χ0v) is 15.0. The molecule has 2 heterocycles. The van der Waals surface area contributed by atoms with Crippen molar-refractivity contribution in [2.24, 2.45) is 0 Å². The lowest BCUT2D eigenvalue weighted by Gasteiger charge is -2.29. The van der Waals surface area contributed by atoms with E-state index in [1.54, 1.807) is 6.92 Å². The number of fused-ring (bicyclic) bond motifs is 1. The summed E-state index contributed by atoms with van der Waals surface area (Å²) in [6.45, 7) is 5.92. The van der Waals surface area contributed by atoms with Crippen molar-refractivity contribution in [2.45, 2.75) is 52.1 Å². The summed E-state index contributed by atoms with van der Waals surface area (Å²) in [5.41, 5.74) is 2.21. The van der Waals surface area contributed by atoms with Crippen LogP contribution in [0, 0.1) is 6.92 Å². The average Bonchev–Trinajstić information content (AvgIpc) is 3.02. The Morgan fingerprint density at radius 3 is 2.76 bits per heavy atom. The first-order chi connectivity index (χ1) is 12.0. The Labute approximate surface area is 148 Å². The summed E-state index contributed by atoms with van der Waals surface area (Å²) >= 11 is 0. The van der Waals surface area contributed by atoms with Crippen LogP contribution in [0.1, 0.15) is 38.2 Å². The van der Waals surface area contributed by atoms with Gasteiger partial charge in [0, 0.05) is 24.9 Å². The van der Waals surface area contributed by atoms with E-state index >= 15 is 0 Å². The Hall–Kier alpha value is -2.37. The molecule has 6 heteroatoms. The molecule has 2 aromatic rings. The Kier molecular flexibility index (Phi) is 5.36. The lowest BCUT2D eigenvalue weighted by atomic mass is 10.1. The largest absolute Gasteiger partial charge is 0.345 e. The third kappa shape index (κ3) is 4.18. The number of aromatic nitrogens is 2. The molecule has 134 valence electrons. The molecule has 0 saturated carbocycles. The fourth-order valence-corrected chi connectivity index (χ4v) is 3.36. The van der Waals surface area contributed by atoms with Crippen molar-refractivity contribution in [3.63, 3.8) is 0 Å². The standard InChI is InChI=1S/C19H26N4O2/c1-14-6-7-17-16(12-14)13-20-23(17)11-8-18(24)21-15(2)19(25)22-9-4-3-5-10-22/h6-7,12-13,15H,3-5,8-11H2,1-2H3,(H,21,24). The Bertz CT molecular complexity index is 762. The molecule has 0 radical (unpaired) electrons. The Morgan fingerprint density at radius 2 is 2.00 bits per heavy atom. The van der Waals surface area contributed by atoms with Crippen LogP contribution in [0.3, 0.4) is 0 Å². The Balaban J connectivity index is 1.52. The number of hydrogen-bond acceptors (Lipinski definition) is 3. The van der Waals surface area contributed by atoms with E-state index in [0.29, 0.717) is 13.0 Å². The van der Waals surface area contributed by atoms with E-state index in [2.05, 4.69) is 16.5 Å². The highest BCUT2D eigenvalue weighted by molar-refractivity contribution is 5.87. The molecule has 6 nitrogen and oxygen atoms in total. The van der Waals surface area contributed by atoms with Crippen LogP contribution in [-0.4, -0.2) is 45.6 Å². The topological polar surface area (TPSA) is 67.2 Å². The molecule has 1 N–H and O–H groups in total. The maximum atomic E-state index is 12.4. The quantitative estimate of drug-likeness (QED) is 0.906. The molecular formula is C19H26N4O2. The summed E-state index contributed by atoms with van der Waals surface area (Å²) in [6.07, 6.45) is 5.42. The van der Waals surface area contributed by atoms with Gasteiger partial charge in [0.15, 0.2) is 0 Å². The molecule has 1 atom stereocenters. The molecule has 0 aliphatic carbocycles. The molecule has 1 aliphatic heterocycles. The van der Waals surface area contributed by atoms with Crippen molar-refractivity contribution >= 4 is 22.7 Å². The predicted molar refractivity (Wildman–Crippen MR) is 97.1 cm³/mol. The number of carbonyl (C=O) groups is 2. The molecule has 0 bridgehead atoms. The van der Waals surface area contributed by atoms with E-state index in [9.17, 15) is 9.59 Å². The first-order valence-corrected chi connectivity index (χ1v) is 9.05. The monoisotopic (exact) mass is 342 g/mol. The second-order valence-corrected chi connectivity index (χ2v) is 6.86. The first-order valence-electron chi connectivity index (χ1n) is 9.05. The van der Waals surface area contributed by atoms with Crippen molar-refractivity contribution in [2.75, 3.05) is 13.1 Å². The van der Waals surface area contributed by atoms with Gasteiger partial charge in [-0.3, -0.25) is 14.3 Å². The van der Waals surface area contributed by atoms with E-state index in [-0.39, 0.29) is 11.8 Å². The number of likely N-dealkylation sites (tertiary alicyclic amines) is 1. The third-order valence-electron chi connectivity index (χ3n) is 4.76. The zero-order valence-electron chi connectivity index (χ0n) is 15.0. The van der Waals surface area contributed by atoms with Gasteiger partial charge in [-0.2, -0.15) is 5.10 Å². The SMILES string of the molecule is Cc1ccc2c(cnn2CCC(=O)NC(C)C(=O)N2CCCCC2)c1. The highest BCUT2D eigenvalue weighted by Crippen LogP contribution is 2.15. The fraction of sp³-hybridized carbons (Fsp3) is 0.526. The number of carbonyl (C=O) groups excluding carboxylic acids is 2. The van der Waals surface area contributed by atoms with Crippen molar-refractivity contribution in [3.05, 3.63) is 30.0 Å². The lowest BCUT2D eigenvalue weighted by Crippen LogP contribution is -2.48. The molecule has 1 aromatic heterocycles. The van der Waals surface area contributed by atoms with Crippen molar-refractivity contribution in [3.8, 4) is 0 Å². The summed E-state index contributed by atoms with van der Waals surface area (Å²) in [6, 6.07) is 5.68. The second-order valence-electron chi connectivity index (χ2n) is 6.86. The number of piperidine rings is 1. The van der Waals surface area contributed by atoms with Gasteiger partial charge in [0.05, 0.1) is 18.3 Å². The minimum atomic E-state index is -0.470.